The molecule has 0 aliphatic carbocycles. The Balaban J connectivity index is 1.47. The van der Waals surface area contributed by atoms with Gasteiger partial charge >= 0.3 is 0 Å². The Labute approximate surface area is 191 Å². The van der Waals surface area contributed by atoms with Gasteiger partial charge in [0.1, 0.15) is 17.3 Å². The van der Waals surface area contributed by atoms with E-state index in [4.69, 9.17) is 9.47 Å². The van der Waals surface area contributed by atoms with Crippen LogP contribution in [0.4, 0.5) is 15.8 Å². The SMILES string of the molecule is COc1ccc(S(=O)(=O)N2CCCc3cc(NC(=O)COc4ccc(F)cc4)ccc32)cc1. The van der Waals surface area contributed by atoms with E-state index in [1.807, 2.05) is 0 Å². The minimum Gasteiger partial charge on any atom is -0.497 e. The van der Waals surface area contributed by atoms with Crippen molar-refractivity contribution in [2.75, 3.05) is 29.9 Å². The summed E-state index contributed by atoms with van der Waals surface area (Å²) in [6.45, 7) is 0.138. The molecule has 33 heavy (non-hydrogen) atoms. The summed E-state index contributed by atoms with van der Waals surface area (Å²) in [5.41, 5.74) is 1.97. The zero-order valence-electron chi connectivity index (χ0n) is 18.0. The van der Waals surface area contributed by atoms with Gasteiger partial charge in [-0.2, -0.15) is 0 Å². The molecule has 0 radical (unpaired) electrons. The molecule has 0 spiro atoms. The second-order valence-corrected chi connectivity index (χ2v) is 9.35. The number of halogens is 1. The van der Waals surface area contributed by atoms with Gasteiger partial charge in [-0.05, 0) is 85.1 Å². The summed E-state index contributed by atoms with van der Waals surface area (Å²) >= 11 is 0. The first-order valence-electron chi connectivity index (χ1n) is 10.3. The first-order valence-corrected chi connectivity index (χ1v) is 11.8. The Morgan fingerprint density at radius 2 is 1.73 bits per heavy atom. The molecule has 7 nitrogen and oxygen atoms in total. The van der Waals surface area contributed by atoms with E-state index in [-0.39, 0.29) is 23.2 Å². The lowest BCUT2D eigenvalue weighted by atomic mass is 10.0. The quantitative estimate of drug-likeness (QED) is 0.564. The number of hydrogen-bond donors (Lipinski definition) is 1. The van der Waals surface area contributed by atoms with E-state index in [1.54, 1.807) is 30.3 Å². The van der Waals surface area contributed by atoms with Crippen molar-refractivity contribution >= 4 is 27.3 Å². The number of carbonyl (C=O) groups excluding carboxylic acids is 1. The number of nitrogens with zero attached hydrogens (tertiary/aromatic N) is 1. The van der Waals surface area contributed by atoms with Crippen molar-refractivity contribution in [3.63, 3.8) is 0 Å². The maximum Gasteiger partial charge on any atom is 0.264 e. The number of sulfonamides is 1. The van der Waals surface area contributed by atoms with Gasteiger partial charge in [-0.1, -0.05) is 0 Å². The lowest BCUT2D eigenvalue weighted by Gasteiger charge is -2.31. The van der Waals surface area contributed by atoms with Crippen LogP contribution in [0, 0.1) is 5.82 Å². The molecule has 1 heterocycles. The summed E-state index contributed by atoms with van der Waals surface area (Å²) in [7, 11) is -2.21. The molecule has 0 saturated heterocycles. The number of anilines is 2. The molecule has 1 N–H and O–H groups in total. The van der Waals surface area contributed by atoms with Gasteiger partial charge in [-0.3, -0.25) is 9.10 Å². The van der Waals surface area contributed by atoms with Crippen LogP contribution in [0.1, 0.15) is 12.0 Å². The van der Waals surface area contributed by atoms with Crippen LogP contribution in [-0.4, -0.2) is 34.6 Å². The highest BCUT2D eigenvalue weighted by atomic mass is 32.2. The Bertz CT molecular complexity index is 1240. The smallest absolute Gasteiger partial charge is 0.264 e. The zero-order valence-corrected chi connectivity index (χ0v) is 18.8. The minimum absolute atomic E-state index is 0.187. The van der Waals surface area contributed by atoms with Crippen molar-refractivity contribution in [1.29, 1.82) is 0 Å². The van der Waals surface area contributed by atoms with Crippen LogP contribution >= 0.6 is 0 Å². The first-order chi connectivity index (χ1) is 15.9. The molecule has 3 aromatic carbocycles. The predicted molar refractivity (Wildman–Crippen MR) is 123 cm³/mol. The van der Waals surface area contributed by atoms with E-state index >= 15 is 0 Å². The molecular formula is C24H23FN2O5S. The Morgan fingerprint density at radius 1 is 1.03 bits per heavy atom. The average molecular weight is 471 g/mol. The van der Waals surface area contributed by atoms with Crippen molar-refractivity contribution in [3.8, 4) is 11.5 Å². The highest BCUT2D eigenvalue weighted by molar-refractivity contribution is 7.92. The van der Waals surface area contributed by atoms with E-state index in [1.165, 1.54) is 47.8 Å². The molecule has 0 fully saturated rings. The van der Waals surface area contributed by atoms with Crippen LogP contribution in [0.15, 0.2) is 71.6 Å². The van der Waals surface area contributed by atoms with Gasteiger partial charge in [-0.15, -0.1) is 0 Å². The fraction of sp³-hybridized carbons (Fsp3) is 0.208. The predicted octanol–water partition coefficient (Wildman–Crippen LogP) is 3.99. The van der Waals surface area contributed by atoms with E-state index in [0.717, 1.165) is 5.56 Å². The summed E-state index contributed by atoms with van der Waals surface area (Å²) in [6.07, 6.45) is 1.35. The van der Waals surface area contributed by atoms with Crippen LogP contribution in [0.3, 0.4) is 0 Å². The number of aryl methyl sites for hydroxylation is 1. The lowest BCUT2D eigenvalue weighted by molar-refractivity contribution is -0.118. The minimum atomic E-state index is -3.73. The number of methoxy groups -OCH3 is 1. The standard InChI is InChI=1S/C24H23FN2O5S/c1-31-20-9-11-22(12-10-20)33(29,30)27-14-2-3-17-15-19(6-13-23(17)27)26-24(28)16-32-21-7-4-18(25)5-8-21/h4-13,15H,2-3,14,16H2,1H3,(H,26,28). The van der Waals surface area contributed by atoms with Crippen LogP contribution in [0.2, 0.25) is 0 Å². The fourth-order valence-electron chi connectivity index (χ4n) is 3.64. The third-order valence-corrected chi connectivity index (χ3v) is 7.10. The molecule has 0 aromatic heterocycles. The summed E-state index contributed by atoms with van der Waals surface area (Å²) in [5.74, 6) is 0.204. The molecule has 172 valence electrons. The van der Waals surface area contributed by atoms with Crippen molar-refractivity contribution in [2.45, 2.75) is 17.7 Å². The number of fused-ring (bicyclic) bond motifs is 1. The van der Waals surface area contributed by atoms with E-state index in [0.29, 0.717) is 42.3 Å². The van der Waals surface area contributed by atoms with Crippen molar-refractivity contribution < 1.29 is 27.1 Å². The maximum absolute atomic E-state index is 13.2. The van der Waals surface area contributed by atoms with E-state index in [9.17, 15) is 17.6 Å². The zero-order chi connectivity index (χ0) is 23.4. The third-order valence-electron chi connectivity index (χ3n) is 5.27. The molecule has 9 heteroatoms. The molecule has 4 rings (SSSR count). The molecule has 1 aliphatic heterocycles. The average Bonchev–Trinajstić information content (AvgIpc) is 2.83. The third kappa shape index (κ3) is 5.09. The Morgan fingerprint density at radius 3 is 2.42 bits per heavy atom. The normalized spacial score (nSPS) is 13.2. The topological polar surface area (TPSA) is 84.9 Å². The van der Waals surface area contributed by atoms with Gasteiger partial charge in [-0.25, -0.2) is 12.8 Å². The van der Waals surface area contributed by atoms with Crippen LogP contribution in [-0.2, 0) is 21.2 Å². The summed E-state index contributed by atoms with van der Waals surface area (Å²) in [4.78, 5) is 12.4. The molecule has 0 saturated carbocycles. The molecule has 3 aromatic rings. The lowest BCUT2D eigenvalue weighted by Crippen LogP contribution is -2.35. The largest absolute Gasteiger partial charge is 0.497 e. The summed E-state index contributed by atoms with van der Waals surface area (Å²) < 4.78 is 51.3. The monoisotopic (exact) mass is 470 g/mol. The van der Waals surface area contributed by atoms with Crippen LogP contribution in [0.5, 0.6) is 11.5 Å². The van der Waals surface area contributed by atoms with E-state index < -0.39 is 10.0 Å². The molecule has 0 atom stereocenters. The molecule has 1 aliphatic rings. The summed E-state index contributed by atoms with van der Waals surface area (Å²) in [6, 6.07) is 16.8. The van der Waals surface area contributed by atoms with Gasteiger partial charge in [0.2, 0.25) is 0 Å². The second kappa shape index (κ2) is 9.50. The van der Waals surface area contributed by atoms with Gasteiger partial charge in [0.25, 0.3) is 15.9 Å². The number of carbonyl (C=O) groups is 1. The number of rotatable bonds is 7. The van der Waals surface area contributed by atoms with Crippen LogP contribution < -0.4 is 19.1 Å². The Kier molecular flexibility index (Phi) is 6.50. The highest BCUT2D eigenvalue weighted by Crippen LogP contribution is 2.34. The Hall–Kier alpha value is -3.59. The van der Waals surface area contributed by atoms with Gasteiger partial charge in [0, 0.05) is 12.2 Å². The number of ether oxygens (including phenoxy) is 2. The molecule has 1 amide bonds. The summed E-state index contributed by atoms with van der Waals surface area (Å²) in [5, 5.41) is 2.75. The van der Waals surface area contributed by atoms with Crippen LogP contribution in [0.25, 0.3) is 0 Å². The van der Waals surface area contributed by atoms with E-state index in [2.05, 4.69) is 5.32 Å². The number of benzene rings is 3. The second-order valence-electron chi connectivity index (χ2n) is 7.49. The first kappa shape index (κ1) is 22.6. The molecule has 0 bridgehead atoms. The number of hydrogen-bond acceptors (Lipinski definition) is 5. The molecule has 0 unspecified atom stereocenters. The van der Waals surface area contributed by atoms with Crippen molar-refractivity contribution in [1.82, 2.24) is 0 Å². The van der Waals surface area contributed by atoms with Gasteiger partial charge in [0.15, 0.2) is 6.61 Å². The number of nitrogens with one attached hydrogen (secondary N) is 1. The molecular weight excluding hydrogens is 447 g/mol. The van der Waals surface area contributed by atoms with Gasteiger partial charge in [0.05, 0.1) is 17.7 Å². The highest BCUT2D eigenvalue weighted by Gasteiger charge is 2.29. The van der Waals surface area contributed by atoms with Crippen molar-refractivity contribution in [3.05, 3.63) is 78.1 Å². The van der Waals surface area contributed by atoms with Gasteiger partial charge < -0.3 is 14.8 Å². The number of amides is 1. The van der Waals surface area contributed by atoms with Crippen molar-refractivity contribution in [2.24, 2.45) is 0 Å². The fourth-order valence-corrected chi connectivity index (χ4v) is 5.18. The maximum atomic E-state index is 13.2.